The summed E-state index contributed by atoms with van der Waals surface area (Å²) in [4.78, 5) is 23.4. The number of aliphatic hydroxyl groups excluding tert-OH is 1. The average Bonchev–Trinajstić information content (AvgIpc) is 3.34. The van der Waals surface area contributed by atoms with Crippen molar-refractivity contribution < 1.29 is 33.6 Å². The number of rotatable bonds is 3. The number of esters is 2. The highest BCUT2D eigenvalue weighted by molar-refractivity contribution is 5.67. The topological polar surface area (TPSA) is 94.6 Å². The van der Waals surface area contributed by atoms with E-state index in [2.05, 4.69) is 6.08 Å². The van der Waals surface area contributed by atoms with Crippen molar-refractivity contribution in [1.82, 2.24) is 0 Å². The molecule has 2 heterocycles. The van der Waals surface area contributed by atoms with Gasteiger partial charge < -0.3 is 24.1 Å². The number of carbonyl (C=O) groups is 2. The van der Waals surface area contributed by atoms with Crippen LogP contribution in [0.5, 0.6) is 0 Å². The number of aliphatic hydroxyl groups is 1. The van der Waals surface area contributed by atoms with Gasteiger partial charge in [-0.25, -0.2) is 0 Å². The lowest BCUT2D eigenvalue weighted by atomic mass is 9.51. The molecule has 3 fully saturated rings. The molecular formula is C19H26O7. The Hall–Kier alpha value is -1.44. The maximum Gasteiger partial charge on any atom is 0.303 e. The minimum absolute atomic E-state index is 0.135. The Morgan fingerprint density at radius 1 is 1.35 bits per heavy atom. The van der Waals surface area contributed by atoms with Crippen molar-refractivity contribution in [3.63, 3.8) is 0 Å². The molecule has 7 atom stereocenters. The van der Waals surface area contributed by atoms with Gasteiger partial charge in [-0.2, -0.15) is 0 Å². The quantitative estimate of drug-likeness (QED) is 0.454. The second-order valence-electron chi connectivity index (χ2n) is 8.33. The Balaban J connectivity index is 1.86. The Kier molecular flexibility index (Phi) is 3.82. The zero-order valence-electron chi connectivity index (χ0n) is 15.6. The third-order valence-electron chi connectivity index (χ3n) is 7.08. The van der Waals surface area contributed by atoms with Crippen molar-refractivity contribution in [3.05, 3.63) is 11.6 Å². The second-order valence-corrected chi connectivity index (χ2v) is 8.33. The summed E-state index contributed by atoms with van der Waals surface area (Å²) in [6, 6.07) is 0. The largest absolute Gasteiger partial charge is 0.465 e. The van der Waals surface area contributed by atoms with E-state index in [0.717, 1.165) is 6.42 Å². The van der Waals surface area contributed by atoms with Gasteiger partial charge in [-0.15, -0.1) is 0 Å². The summed E-state index contributed by atoms with van der Waals surface area (Å²) < 4.78 is 23.3. The molecule has 4 rings (SSSR count). The van der Waals surface area contributed by atoms with Gasteiger partial charge in [0.2, 0.25) is 0 Å². The molecule has 1 spiro atoms. The number of carbonyl (C=O) groups excluding carboxylic acids is 2. The van der Waals surface area contributed by atoms with Crippen molar-refractivity contribution in [3.8, 4) is 0 Å². The van der Waals surface area contributed by atoms with Crippen LogP contribution in [0.15, 0.2) is 11.6 Å². The summed E-state index contributed by atoms with van der Waals surface area (Å²) in [5.74, 6) is -0.830. The molecule has 0 radical (unpaired) electrons. The van der Waals surface area contributed by atoms with Gasteiger partial charge in [0.25, 0.3) is 0 Å². The first kappa shape index (κ1) is 17.9. The Labute approximate surface area is 152 Å². The summed E-state index contributed by atoms with van der Waals surface area (Å²) in [5.41, 5.74) is -0.890. The summed E-state index contributed by atoms with van der Waals surface area (Å²) in [6.45, 7) is 7.31. The SMILES string of the molecule is CC(=O)OC[C@]12CCC(C)=CC1OC1C(O)C(OC(C)=O)[C@@]2(C)[C@@]12CO2. The van der Waals surface area contributed by atoms with Crippen LogP contribution in [0.1, 0.15) is 40.5 Å². The van der Waals surface area contributed by atoms with Gasteiger partial charge in [-0.05, 0) is 19.8 Å². The molecule has 26 heavy (non-hydrogen) atoms. The Bertz CT molecular complexity index is 681. The second kappa shape index (κ2) is 5.53. The van der Waals surface area contributed by atoms with E-state index in [1.54, 1.807) is 0 Å². The smallest absolute Gasteiger partial charge is 0.303 e. The predicted molar refractivity (Wildman–Crippen MR) is 89.1 cm³/mol. The van der Waals surface area contributed by atoms with Crippen LogP contribution in [0.4, 0.5) is 0 Å². The molecule has 0 aromatic rings. The first-order valence-electron chi connectivity index (χ1n) is 9.13. The van der Waals surface area contributed by atoms with Gasteiger partial charge in [-0.3, -0.25) is 9.59 Å². The van der Waals surface area contributed by atoms with Gasteiger partial charge in [0.1, 0.15) is 30.5 Å². The fourth-order valence-corrected chi connectivity index (χ4v) is 5.60. The Morgan fingerprint density at radius 2 is 2.04 bits per heavy atom. The Morgan fingerprint density at radius 3 is 2.62 bits per heavy atom. The molecule has 4 aliphatic rings. The molecule has 4 unspecified atom stereocenters. The van der Waals surface area contributed by atoms with Crippen LogP contribution in [0.2, 0.25) is 0 Å². The molecule has 7 nitrogen and oxygen atoms in total. The van der Waals surface area contributed by atoms with Crippen molar-refractivity contribution in [2.24, 2.45) is 10.8 Å². The van der Waals surface area contributed by atoms with E-state index in [9.17, 15) is 14.7 Å². The molecule has 2 saturated heterocycles. The minimum atomic E-state index is -0.986. The molecule has 0 aromatic carbocycles. The van der Waals surface area contributed by atoms with Gasteiger partial charge in [-0.1, -0.05) is 18.6 Å². The third kappa shape index (κ3) is 2.05. The van der Waals surface area contributed by atoms with Crippen LogP contribution < -0.4 is 0 Å². The summed E-state index contributed by atoms with van der Waals surface area (Å²) in [5, 5.41) is 10.9. The third-order valence-corrected chi connectivity index (χ3v) is 7.08. The highest BCUT2D eigenvalue weighted by Crippen LogP contribution is 2.72. The molecule has 7 heteroatoms. The number of epoxide rings is 1. The summed E-state index contributed by atoms with van der Waals surface area (Å²) in [6.07, 6.45) is 0.896. The van der Waals surface area contributed by atoms with E-state index >= 15 is 0 Å². The van der Waals surface area contributed by atoms with Gasteiger partial charge in [0.05, 0.1) is 18.1 Å². The molecule has 2 bridgehead atoms. The summed E-state index contributed by atoms with van der Waals surface area (Å²) in [7, 11) is 0. The van der Waals surface area contributed by atoms with Crippen LogP contribution in [-0.4, -0.2) is 60.3 Å². The molecular weight excluding hydrogens is 340 g/mol. The van der Waals surface area contributed by atoms with E-state index in [4.69, 9.17) is 18.9 Å². The van der Waals surface area contributed by atoms with E-state index in [1.165, 1.54) is 19.4 Å². The van der Waals surface area contributed by atoms with Crippen molar-refractivity contribution in [2.75, 3.05) is 13.2 Å². The van der Waals surface area contributed by atoms with Gasteiger partial charge >= 0.3 is 11.9 Å². The number of allylic oxidation sites excluding steroid dienone is 1. The maximum absolute atomic E-state index is 11.8. The van der Waals surface area contributed by atoms with Crippen LogP contribution >= 0.6 is 0 Å². The molecule has 0 amide bonds. The molecule has 1 saturated carbocycles. The molecule has 2 aliphatic carbocycles. The van der Waals surface area contributed by atoms with E-state index < -0.39 is 40.7 Å². The normalized spacial score (nSPS) is 48.6. The molecule has 0 aromatic heterocycles. The number of ether oxygens (including phenoxy) is 4. The standard InChI is InChI=1S/C19H26O7/c1-10-5-6-18(8-23-11(2)20)13(7-10)26-16-14(22)15(25-12(3)21)17(18,4)19(16)9-24-19/h7,13-16,22H,5-6,8-9H2,1-4H3/t13?,14?,15?,16?,17-,18-,19-/m1/s1. The first-order valence-corrected chi connectivity index (χ1v) is 9.13. The van der Waals surface area contributed by atoms with E-state index in [-0.39, 0.29) is 18.7 Å². The van der Waals surface area contributed by atoms with E-state index in [0.29, 0.717) is 13.0 Å². The van der Waals surface area contributed by atoms with Crippen LogP contribution in [0.25, 0.3) is 0 Å². The highest BCUT2D eigenvalue weighted by atomic mass is 16.7. The number of hydrogen-bond donors (Lipinski definition) is 1. The monoisotopic (exact) mass is 366 g/mol. The fraction of sp³-hybridized carbons (Fsp3) is 0.789. The zero-order valence-corrected chi connectivity index (χ0v) is 15.6. The maximum atomic E-state index is 11.8. The highest BCUT2D eigenvalue weighted by Gasteiger charge is 2.85. The van der Waals surface area contributed by atoms with Crippen LogP contribution in [0.3, 0.4) is 0 Å². The predicted octanol–water partition coefficient (Wildman–Crippen LogP) is 1.12. The fourth-order valence-electron chi connectivity index (χ4n) is 5.60. The van der Waals surface area contributed by atoms with Crippen LogP contribution in [0, 0.1) is 10.8 Å². The van der Waals surface area contributed by atoms with Crippen molar-refractivity contribution in [2.45, 2.75) is 70.6 Å². The first-order chi connectivity index (χ1) is 12.2. The molecule has 2 aliphatic heterocycles. The van der Waals surface area contributed by atoms with Crippen molar-refractivity contribution in [1.29, 1.82) is 0 Å². The molecule has 1 N–H and O–H groups in total. The van der Waals surface area contributed by atoms with E-state index in [1.807, 2.05) is 13.8 Å². The summed E-state index contributed by atoms with van der Waals surface area (Å²) >= 11 is 0. The zero-order chi connectivity index (χ0) is 18.9. The number of hydrogen-bond acceptors (Lipinski definition) is 7. The van der Waals surface area contributed by atoms with Gasteiger partial charge in [0.15, 0.2) is 0 Å². The lowest BCUT2D eigenvalue weighted by molar-refractivity contribution is -0.233. The average molecular weight is 366 g/mol. The van der Waals surface area contributed by atoms with Crippen LogP contribution in [-0.2, 0) is 28.5 Å². The minimum Gasteiger partial charge on any atom is -0.465 e. The number of fused-ring (bicyclic) bond motifs is 2. The van der Waals surface area contributed by atoms with Gasteiger partial charge in [0, 0.05) is 19.3 Å². The molecule has 144 valence electrons. The lowest BCUT2D eigenvalue weighted by Gasteiger charge is -2.58. The lowest BCUT2D eigenvalue weighted by Crippen LogP contribution is -2.66. The van der Waals surface area contributed by atoms with Crippen molar-refractivity contribution >= 4 is 11.9 Å².